The molecule has 1 N–H and O–H groups in total. The van der Waals surface area contributed by atoms with Crippen LogP contribution in [-0.4, -0.2) is 24.0 Å². The van der Waals surface area contributed by atoms with Crippen LogP contribution in [0.3, 0.4) is 0 Å². The van der Waals surface area contributed by atoms with E-state index in [0.717, 1.165) is 15.3 Å². The fourth-order valence-corrected chi connectivity index (χ4v) is 4.10. The standard InChI is InChI=1S/C24H21F3N4O3/c1-4-29-19(13-32)28-31(23(29)34)21-20(14(2)3)15-9-5-6-10-16(15)22(33)30(21)18-12-8-7-11-17(18)24(25,26)27/h5-12,32H,2,4,13H2,1,3H3. The minimum atomic E-state index is -4.77. The Labute approximate surface area is 191 Å². The molecule has 4 aromatic rings. The lowest BCUT2D eigenvalue weighted by molar-refractivity contribution is -0.137. The van der Waals surface area contributed by atoms with Gasteiger partial charge >= 0.3 is 11.9 Å². The van der Waals surface area contributed by atoms with Gasteiger partial charge in [-0.1, -0.05) is 36.9 Å². The number of aliphatic hydroxyl groups excluding tert-OH is 1. The third-order valence-electron chi connectivity index (χ3n) is 5.54. The second kappa shape index (κ2) is 8.45. The molecule has 0 spiro atoms. The zero-order chi connectivity index (χ0) is 24.8. The van der Waals surface area contributed by atoms with Crippen molar-refractivity contribution in [2.24, 2.45) is 0 Å². The van der Waals surface area contributed by atoms with Crippen molar-refractivity contribution in [1.82, 2.24) is 18.9 Å². The molecule has 0 fully saturated rings. The number of benzene rings is 2. The molecular weight excluding hydrogens is 449 g/mol. The molecule has 0 saturated heterocycles. The number of aliphatic hydroxyl groups is 1. The van der Waals surface area contributed by atoms with Gasteiger partial charge in [-0.2, -0.15) is 17.9 Å². The maximum absolute atomic E-state index is 14.0. The molecule has 2 aromatic heterocycles. The van der Waals surface area contributed by atoms with Gasteiger partial charge in [0, 0.05) is 17.5 Å². The zero-order valence-corrected chi connectivity index (χ0v) is 18.4. The van der Waals surface area contributed by atoms with Crippen molar-refractivity contribution in [1.29, 1.82) is 0 Å². The predicted molar refractivity (Wildman–Crippen MR) is 122 cm³/mol. The summed E-state index contributed by atoms with van der Waals surface area (Å²) in [5.41, 5.74) is -2.26. The lowest BCUT2D eigenvalue weighted by Crippen LogP contribution is -2.32. The summed E-state index contributed by atoms with van der Waals surface area (Å²) in [6.07, 6.45) is -4.77. The summed E-state index contributed by atoms with van der Waals surface area (Å²) in [6.45, 7) is 6.84. The van der Waals surface area contributed by atoms with Crippen LogP contribution < -0.4 is 11.2 Å². The summed E-state index contributed by atoms with van der Waals surface area (Å²) in [4.78, 5) is 26.9. The van der Waals surface area contributed by atoms with Crippen molar-refractivity contribution in [2.45, 2.75) is 33.2 Å². The summed E-state index contributed by atoms with van der Waals surface area (Å²) in [6, 6.07) is 11.1. The highest BCUT2D eigenvalue weighted by molar-refractivity contribution is 5.95. The molecule has 34 heavy (non-hydrogen) atoms. The van der Waals surface area contributed by atoms with Gasteiger partial charge in [0.05, 0.1) is 11.3 Å². The fourth-order valence-electron chi connectivity index (χ4n) is 4.10. The Balaban J connectivity index is 2.32. The monoisotopic (exact) mass is 470 g/mol. The number of allylic oxidation sites excluding steroid dienone is 1. The highest BCUT2D eigenvalue weighted by atomic mass is 19.4. The first-order chi connectivity index (χ1) is 16.1. The second-order valence-electron chi connectivity index (χ2n) is 7.69. The lowest BCUT2D eigenvalue weighted by atomic mass is 10.0. The average molecular weight is 470 g/mol. The number of hydrogen-bond donors (Lipinski definition) is 1. The van der Waals surface area contributed by atoms with Gasteiger partial charge in [0.1, 0.15) is 6.61 Å². The number of para-hydroxylation sites is 1. The topological polar surface area (TPSA) is 82.0 Å². The largest absolute Gasteiger partial charge is 0.418 e. The molecule has 10 heteroatoms. The molecule has 0 amide bonds. The first-order valence-electron chi connectivity index (χ1n) is 10.4. The van der Waals surface area contributed by atoms with Gasteiger partial charge in [-0.25, -0.2) is 4.79 Å². The molecule has 0 atom stereocenters. The summed E-state index contributed by atoms with van der Waals surface area (Å²) < 4.78 is 44.8. The van der Waals surface area contributed by atoms with E-state index >= 15 is 0 Å². The Hall–Kier alpha value is -3.92. The number of rotatable bonds is 5. The first kappa shape index (κ1) is 23.2. The molecule has 4 rings (SSSR count). The molecule has 0 unspecified atom stereocenters. The summed E-state index contributed by atoms with van der Waals surface area (Å²) >= 11 is 0. The number of halogens is 3. The molecule has 0 saturated carbocycles. The number of aromatic nitrogens is 4. The van der Waals surface area contributed by atoms with E-state index in [2.05, 4.69) is 11.7 Å². The molecule has 0 aliphatic heterocycles. The van der Waals surface area contributed by atoms with Crippen molar-refractivity contribution in [3.8, 4) is 11.5 Å². The molecule has 0 radical (unpaired) electrons. The smallest absolute Gasteiger partial charge is 0.388 e. The van der Waals surface area contributed by atoms with E-state index < -0.39 is 35.3 Å². The van der Waals surface area contributed by atoms with Crippen LogP contribution in [0.15, 0.2) is 64.7 Å². The van der Waals surface area contributed by atoms with Gasteiger partial charge in [-0.15, -0.1) is 5.10 Å². The Kier molecular flexibility index (Phi) is 5.78. The SMILES string of the molecule is C=C(C)c1c(-n2nc(CO)n(CC)c2=O)n(-c2ccccc2C(F)(F)F)c(=O)c2ccccc12. The predicted octanol–water partition coefficient (Wildman–Crippen LogP) is 3.90. The van der Waals surface area contributed by atoms with Gasteiger partial charge in [-0.3, -0.25) is 13.9 Å². The van der Waals surface area contributed by atoms with Gasteiger partial charge in [0.2, 0.25) is 0 Å². The van der Waals surface area contributed by atoms with Gasteiger partial charge < -0.3 is 5.11 Å². The first-order valence-corrected chi connectivity index (χ1v) is 10.4. The highest BCUT2D eigenvalue weighted by Gasteiger charge is 2.35. The maximum atomic E-state index is 14.0. The third-order valence-corrected chi connectivity index (χ3v) is 5.54. The van der Waals surface area contributed by atoms with E-state index in [0.29, 0.717) is 16.5 Å². The van der Waals surface area contributed by atoms with Crippen LogP contribution >= 0.6 is 0 Å². The van der Waals surface area contributed by atoms with E-state index in [1.807, 2.05) is 0 Å². The van der Waals surface area contributed by atoms with Crippen molar-refractivity contribution in [2.75, 3.05) is 0 Å². The molecule has 0 aliphatic rings. The van der Waals surface area contributed by atoms with Gasteiger partial charge in [0.15, 0.2) is 11.6 Å². The highest BCUT2D eigenvalue weighted by Crippen LogP contribution is 2.36. The maximum Gasteiger partial charge on any atom is 0.418 e. The van der Waals surface area contributed by atoms with Crippen LogP contribution in [0, 0.1) is 0 Å². The van der Waals surface area contributed by atoms with E-state index in [1.54, 1.807) is 32.0 Å². The summed E-state index contributed by atoms with van der Waals surface area (Å²) in [5, 5.41) is 14.5. The molecule has 0 aliphatic carbocycles. The minimum absolute atomic E-state index is 0.0106. The number of hydrogen-bond acceptors (Lipinski definition) is 4. The van der Waals surface area contributed by atoms with Crippen LogP contribution in [0.4, 0.5) is 13.2 Å². The zero-order valence-electron chi connectivity index (χ0n) is 18.4. The Morgan fingerprint density at radius 3 is 2.24 bits per heavy atom. The van der Waals surface area contributed by atoms with Crippen LogP contribution in [-0.2, 0) is 19.3 Å². The van der Waals surface area contributed by atoms with E-state index in [-0.39, 0.29) is 23.6 Å². The van der Waals surface area contributed by atoms with Crippen molar-refractivity contribution >= 4 is 16.3 Å². The number of pyridine rings is 1. The van der Waals surface area contributed by atoms with Gasteiger partial charge in [0.25, 0.3) is 5.56 Å². The normalized spacial score (nSPS) is 11.8. The molecule has 2 heterocycles. The average Bonchev–Trinajstić information content (AvgIpc) is 3.13. The molecular formula is C24H21F3N4O3. The van der Waals surface area contributed by atoms with Crippen molar-refractivity contribution < 1.29 is 18.3 Å². The van der Waals surface area contributed by atoms with Crippen LogP contribution in [0.1, 0.15) is 30.8 Å². The van der Waals surface area contributed by atoms with Crippen LogP contribution in [0.5, 0.6) is 0 Å². The summed E-state index contributed by atoms with van der Waals surface area (Å²) in [7, 11) is 0. The molecule has 7 nitrogen and oxygen atoms in total. The second-order valence-corrected chi connectivity index (χ2v) is 7.69. The Morgan fingerprint density at radius 2 is 1.68 bits per heavy atom. The number of alkyl halides is 3. The number of fused-ring (bicyclic) bond motifs is 1. The Bertz CT molecular complexity index is 1540. The Morgan fingerprint density at radius 1 is 1.06 bits per heavy atom. The van der Waals surface area contributed by atoms with E-state index in [1.165, 1.54) is 28.8 Å². The fraction of sp³-hybridized carbons (Fsp3) is 0.208. The van der Waals surface area contributed by atoms with Crippen LogP contribution in [0.2, 0.25) is 0 Å². The van der Waals surface area contributed by atoms with Gasteiger partial charge in [-0.05, 0) is 43.0 Å². The summed E-state index contributed by atoms with van der Waals surface area (Å²) in [5.74, 6) is -0.170. The van der Waals surface area contributed by atoms with Crippen LogP contribution in [0.25, 0.3) is 27.9 Å². The quantitative estimate of drug-likeness (QED) is 0.480. The molecule has 0 bridgehead atoms. The van der Waals surface area contributed by atoms with E-state index in [9.17, 15) is 27.9 Å². The van der Waals surface area contributed by atoms with Crippen molar-refractivity contribution in [3.05, 3.63) is 92.9 Å². The lowest BCUT2D eigenvalue weighted by Gasteiger charge is -2.21. The van der Waals surface area contributed by atoms with E-state index in [4.69, 9.17) is 0 Å². The number of nitrogens with zero attached hydrogens (tertiary/aromatic N) is 4. The van der Waals surface area contributed by atoms with Crippen molar-refractivity contribution in [3.63, 3.8) is 0 Å². The molecule has 176 valence electrons. The third kappa shape index (κ3) is 3.56. The minimum Gasteiger partial charge on any atom is -0.388 e. The molecule has 2 aromatic carbocycles.